The van der Waals surface area contributed by atoms with Gasteiger partial charge in [-0.3, -0.25) is 0 Å². The molecule has 72 valence electrons. The zero-order valence-electron chi connectivity index (χ0n) is 7.88. The maximum atomic E-state index is 5.93. The summed E-state index contributed by atoms with van der Waals surface area (Å²) in [7, 11) is 0. The monoisotopic (exact) mass is 199 g/mol. The Morgan fingerprint density at radius 2 is 2.15 bits per heavy atom. The van der Waals surface area contributed by atoms with E-state index in [1.807, 2.05) is 32.0 Å². The molecule has 0 saturated carbocycles. The summed E-state index contributed by atoms with van der Waals surface area (Å²) in [5.74, 6) is 0.708. The van der Waals surface area contributed by atoms with E-state index < -0.39 is 0 Å². The van der Waals surface area contributed by atoms with E-state index in [0.717, 1.165) is 5.56 Å². The van der Waals surface area contributed by atoms with Gasteiger partial charge in [-0.05, 0) is 31.5 Å². The van der Waals surface area contributed by atoms with Gasteiger partial charge >= 0.3 is 0 Å². The normalized spacial score (nSPS) is 10.5. The summed E-state index contributed by atoms with van der Waals surface area (Å²) >= 11 is 5.93. The van der Waals surface area contributed by atoms with Gasteiger partial charge in [0.15, 0.2) is 0 Å². The summed E-state index contributed by atoms with van der Waals surface area (Å²) in [6, 6.07) is 5.58. The minimum absolute atomic E-state index is 0.130. The van der Waals surface area contributed by atoms with Crippen molar-refractivity contribution in [3.05, 3.63) is 28.8 Å². The summed E-state index contributed by atoms with van der Waals surface area (Å²) in [5.41, 5.74) is 6.53. The zero-order valence-corrected chi connectivity index (χ0v) is 8.64. The fourth-order valence-electron chi connectivity index (χ4n) is 1.02. The van der Waals surface area contributed by atoms with Gasteiger partial charge in [-0.1, -0.05) is 17.7 Å². The lowest BCUT2D eigenvalue weighted by Gasteiger charge is -2.12. The third-order valence-corrected chi connectivity index (χ3v) is 1.91. The maximum Gasteiger partial charge on any atom is 0.138 e. The number of halogens is 1. The molecule has 2 N–H and O–H groups in total. The maximum absolute atomic E-state index is 5.93. The molecule has 1 aromatic carbocycles. The van der Waals surface area contributed by atoms with Gasteiger partial charge in [-0.15, -0.1) is 0 Å². The quantitative estimate of drug-likeness (QED) is 0.812. The van der Waals surface area contributed by atoms with Crippen LogP contribution in [0.4, 0.5) is 0 Å². The minimum atomic E-state index is 0.130. The molecule has 0 atom stereocenters. The SMILES string of the molecule is CC(C)Oc1cc(CN)ccc1Cl. The summed E-state index contributed by atoms with van der Waals surface area (Å²) < 4.78 is 5.50. The van der Waals surface area contributed by atoms with Gasteiger partial charge in [0.05, 0.1) is 11.1 Å². The van der Waals surface area contributed by atoms with Crippen LogP contribution in [0.2, 0.25) is 5.02 Å². The molecule has 0 fully saturated rings. The number of ether oxygens (including phenoxy) is 1. The van der Waals surface area contributed by atoms with E-state index in [1.54, 1.807) is 0 Å². The molecule has 0 spiro atoms. The molecule has 0 aliphatic rings. The van der Waals surface area contributed by atoms with Crippen molar-refractivity contribution in [3.63, 3.8) is 0 Å². The highest BCUT2D eigenvalue weighted by Gasteiger charge is 2.04. The molecule has 13 heavy (non-hydrogen) atoms. The summed E-state index contributed by atoms with van der Waals surface area (Å²) in [6.45, 7) is 4.43. The molecule has 0 bridgehead atoms. The van der Waals surface area contributed by atoms with Gasteiger partial charge < -0.3 is 10.5 Å². The second-order valence-electron chi connectivity index (χ2n) is 3.14. The van der Waals surface area contributed by atoms with E-state index in [-0.39, 0.29) is 6.10 Å². The molecule has 0 radical (unpaired) electrons. The standard InChI is InChI=1S/C10H14ClNO/c1-7(2)13-10-5-8(6-12)3-4-9(10)11/h3-5,7H,6,12H2,1-2H3. The molecule has 2 nitrogen and oxygen atoms in total. The highest BCUT2D eigenvalue weighted by molar-refractivity contribution is 6.32. The van der Waals surface area contributed by atoms with Crippen molar-refractivity contribution < 1.29 is 4.74 Å². The van der Waals surface area contributed by atoms with Crippen LogP contribution in [0.5, 0.6) is 5.75 Å². The van der Waals surface area contributed by atoms with Crippen LogP contribution in [0.1, 0.15) is 19.4 Å². The van der Waals surface area contributed by atoms with Gasteiger partial charge in [0.1, 0.15) is 5.75 Å². The van der Waals surface area contributed by atoms with Crippen LogP contribution >= 0.6 is 11.6 Å². The van der Waals surface area contributed by atoms with Crippen molar-refractivity contribution in [3.8, 4) is 5.75 Å². The molecule has 0 saturated heterocycles. The lowest BCUT2D eigenvalue weighted by Crippen LogP contribution is -2.06. The molecule has 0 unspecified atom stereocenters. The molecule has 0 aliphatic heterocycles. The number of nitrogens with two attached hydrogens (primary N) is 1. The summed E-state index contributed by atoms with van der Waals surface area (Å²) in [4.78, 5) is 0. The Labute approximate surface area is 83.6 Å². The average Bonchev–Trinajstić information content (AvgIpc) is 2.08. The van der Waals surface area contributed by atoms with E-state index >= 15 is 0 Å². The highest BCUT2D eigenvalue weighted by atomic mass is 35.5. The Kier molecular flexibility index (Phi) is 3.58. The van der Waals surface area contributed by atoms with E-state index in [0.29, 0.717) is 17.3 Å². The topological polar surface area (TPSA) is 35.2 Å². The molecule has 0 heterocycles. The van der Waals surface area contributed by atoms with Crippen LogP contribution < -0.4 is 10.5 Å². The van der Waals surface area contributed by atoms with E-state index in [9.17, 15) is 0 Å². The van der Waals surface area contributed by atoms with E-state index in [4.69, 9.17) is 22.1 Å². The van der Waals surface area contributed by atoms with Crippen LogP contribution in [-0.2, 0) is 6.54 Å². The van der Waals surface area contributed by atoms with Crippen molar-refractivity contribution in [1.82, 2.24) is 0 Å². The van der Waals surface area contributed by atoms with Crippen LogP contribution in [0, 0.1) is 0 Å². The average molecular weight is 200 g/mol. The van der Waals surface area contributed by atoms with Crippen LogP contribution in [0.25, 0.3) is 0 Å². The molecule has 3 heteroatoms. The molecule has 0 amide bonds. The second kappa shape index (κ2) is 4.49. The molecule has 1 rings (SSSR count). The smallest absolute Gasteiger partial charge is 0.138 e. The Morgan fingerprint density at radius 1 is 1.46 bits per heavy atom. The Hall–Kier alpha value is -0.730. The first-order chi connectivity index (χ1) is 6.13. The summed E-state index contributed by atoms with van der Waals surface area (Å²) in [6.07, 6.45) is 0.130. The highest BCUT2D eigenvalue weighted by Crippen LogP contribution is 2.26. The lowest BCUT2D eigenvalue weighted by molar-refractivity contribution is 0.242. The first-order valence-corrected chi connectivity index (χ1v) is 4.66. The Balaban J connectivity index is 2.90. The van der Waals surface area contributed by atoms with Crippen molar-refractivity contribution >= 4 is 11.6 Å². The third-order valence-electron chi connectivity index (χ3n) is 1.59. The van der Waals surface area contributed by atoms with Crippen LogP contribution in [0.15, 0.2) is 18.2 Å². The lowest BCUT2D eigenvalue weighted by atomic mass is 10.2. The van der Waals surface area contributed by atoms with Gasteiger partial charge in [0.25, 0.3) is 0 Å². The number of benzene rings is 1. The van der Waals surface area contributed by atoms with Crippen LogP contribution in [0.3, 0.4) is 0 Å². The van der Waals surface area contributed by atoms with Crippen molar-refractivity contribution in [2.75, 3.05) is 0 Å². The van der Waals surface area contributed by atoms with Crippen molar-refractivity contribution in [2.45, 2.75) is 26.5 Å². The molecule has 0 aliphatic carbocycles. The van der Waals surface area contributed by atoms with Gasteiger partial charge in [0.2, 0.25) is 0 Å². The van der Waals surface area contributed by atoms with Gasteiger partial charge in [-0.2, -0.15) is 0 Å². The molecular formula is C10H14ClNO. The summed E-state index contributed by atoms with van der Waals surface area (Å²) in [5, 5.41) is 0.630. The minimum Gasteiger partial charge on any atom is -0.489 e. The molecular weight excluding hydrogens is 186 g/mol. The Morgan fingerprint density at radius 3 is 2.69 bits per heavy atom. The van der Waals surface area contributed by atoms with Crippen molar-refractivity contribution in [2.24, 2.45) is 5.73 Å². The van der Waals surface area contributed by atoms with E-state index in [1.165, 1.54) is 0 Å². The third kappa shape index (κ3) is 2.90. The van der Waals surface area contributed by atoms with E-state index in [2.05, 4.69) is 0 Å². The second-order valence-corrected chi connectivity index (χ2v) is 3.54. The zero-order chi connectivity index (χ0) is 9.84. The van der Waals surface area contributed by atoms with Gasteiger partial charge in [-0.25, -0.2) is 0 Å². The fraction of sp³-hybridized carbons (Fsp3) is 0.400. The number of hydrogen-bond acceptors (Lipinski definition) is 2. The van der Waals surface area contributed by atoms with Crippen LogP contribution in [-0.4, -0.2) is 6.10 Å². The van der Waals surface area contributed by atoms with Crippen molar-refractivity contribution in [1.29, 1.82) is 0 Å². The van der Waals surface area contributed by atoms with Gasteiger partial charge in [0, 0.05) is 6.54 Å². The molecule has 1 aromatic rings. The first-order valence-electron chi connectivity index (χ1n) is 4.28. The Bertz CT molecular complexity index is 286. The predicted molar refractivity (Wildman–Crippen MR) is 55.1 cm³/mol. The predicted octanol–water partition coefficient (Wildman–Crippen LogP) is 2.59. The number of hydrogen-bond donors (Lipinski definition) is 1. The fourth-order valence-corrected chi connectivity index (χ4v) is 1.18. The molecule has 0 aromatic heterocycles. The number of rotatable bonds is 3. The first kappa shape index (κ1) is 10.4. The largest absolute Gasteiger partial charge is 0.489 e.